The smallest absolute Gasteiger partial charge is 0.204 e. The number of carbonyl (C=O) groups excluding carboxylic acids is 1. The molecule has 60 valence electrons. The zero-order valence-electron chi connectivity index (χ0n) is 5.79. The summed E-state index contributed by atoms with van der Waals surface area (Å²) in [6.45, 7) is 1.66. The number of nitrogens with one attached hydrogen (secondary N) is 1. The molecule has 6 nitrogen and oxygen atoms in total. The molecule has 0 aliphatic rings. The van der Waals surface area contributed by atoms with Crippen LogP contribution in [0.5, 0.6) is 0 Å². The highest BCUT2D eigenvalue weighted by molar-refractivity contribution is 5.42. The number of carbonyl (C=O) groups is 1. The van der Waals surface area contributed by atoms with Gasteiger partial charge in [0.05, 0.1) is 0 Å². The Hall–Kier alpha value is -1.43. The fraction of sp³-hybridized carbons (Fsp3) is 0.250. The summed E-state index contributed by atoms with van der Waals surface area (Å²) in [4.78, 5) is 8.58. The largest absolute Gasteiger partial charge is 0.399 e. The minimum Gasteiger partial charge on any atom is -0.399 e. The van der Waals surface area contributed by atoms with Crippen molar-refractivity contribution >= 4 is 6.41 Å². The Bertz CT molecular complexity index is 117. The van der Waals surface area contributed by atoms with Gasteiger partial charge in [-0.15, -0.1) is 0 Å². The van der Waals surface area contributed by atoms with E-state index in [0.29, 0.717) is 11.5 Å². The van der Waals surface area contributed by atoms with Crippen LogP contribution in [0.2, 0.25) is 0 Å². The van der Waals surface area contributed by atoms with Gasteiger partial charge in [0.1, 0.15) is 5.82 Å². The summed E-state index contributed by atoms with van der Waals surface area (Å²) in [5.41, 5.74) is 17.2. The van der Waals surface area contributed by atoms with E-state index < -0.39 is 0 Å². The van der Waals surface area contributed by atoms with Crippen molar-refractivity contribution in [3.63, 3.8) is 0 Å². The highest BCUT2D eigenvalue weighted by atomic mass is 16.1. The minimum atomic E-state index is 0.250. The number of hydrazine groups is 1. The fourth-order valence-corrected chi connectivity index (χ4v) is 0.114. The van der Waals surface area contributed by atoms with E-state index in [4.69, 9.17) is 22.1 Å². The van der Waals surface area contributed by atoms with Crippen LogP contribution >= 0.6 is 0 Å². The van der Waals surface area contributed by atoms with E-state index in [1.807, 2.05) is 0 Å². The van der Waals surface area contributed by atoms with Crippen LogP contribution < -0.4 is 28.5 Å². The van der Waals surface area contributed by atoms with Crippen molar-refractivity contribution in [3.05, 3.63) is 11.5 Å². The number of hydrogen-bond donors (Lipinski definition) is 5. The third-order valence-electron chi connectivity index (χ3n) is 0.580. The standard InChI is InChI=1S/C3H10N4.CH3NO/c1-2(4)3(5)7-6;2-1-3/h7H,4-6H2,1H3;1H,(H2,2,3)/b3-2-;. The first-order valence-electron chi connectivity index (χ1n) is 2.44. The summed E-state index contributed by atoms with van der Waals surface area (Å²) in [5, 5.41) is 0. The second-order valence-corrected chi connectivity index (χ2v) is 1.38. The zero-order valence-corrected chi connectivity index (χ0v) is 5.79. The fourth-order valence-electron chi connectivity index (χ4n) is 0.114. The third-order valence-corrected chi connectivity index (χ3v) is 0.580. The highest BCUT2D eigenvalue weighted by Gasteiger charge is 1.83. The van der Waals surface area contributed by atoms with Gasteiger partial charge in [-0.3, -0.25) is 4.79 Å². The molecular formula is C4H13N5O. The van der Waals surface area contributed by atoms with Crippen LogP contribution in [0, 0.1) is 0 Å². The summed E-state index contributed by atoms with van der Waals surface area (Å²) < 4.78 is 0. The van der Waals surface area contributed by atoms with E-state index in [1.54, 1.807) is 6.92 Å². The lowest BCUT2D eigenvalue weighted by atomic mass is 10.5. The summed E-state index contributed by atoms with van der Waals surface area (Å²) in [5.74, 6) is 5.18. The number of hydrogen-bond acceptors (Lipinski definition) is 5. The quantitative estimate of drug-likeness (QED) is 0.161. The Balaban J connectivity index is 0. The Morgan fingerprint density at radius 2 is 1.80 bits per heavy atom. The molecule has 10 heavy (non-hydrogen) atoms. The number of primary amides is 1. The molecule has 0 aliphatic heterocycles. The molecule has 0 bridgehead atoms. The van der Waals surface area contributed by atoms with Crippen molar-refractivity contribution in [1.82, 2.24) is 5.43 Å². The predicted octanol–water partition coefficient (Wildman–Crippen LogP) is -2.34. The van der Waals surface area contributed by atoms with Gasteiger partial charge >= 0.3 is 0 Å². The summed E-state index contributed by atoms with van der Waals surface area (Å²) in [7, 11) is 0. The summed E-state index contributed by atoms with van der Waals surface area (Å²) in [6.07, 6.45) is 0.250. The van der Waals surface area contributed by atoms with Crippen LogP contribution in [0.1, 0.15) is 6.92 Å². The van der Waals surface area contributed by atoms with E-state index >= 15 is 0 Å². The van der Waals surface area contributed by atoms with E-state index in [-0.39, 0.29) is 6.41 Å². The number of amides is 1. The molecule has 0 fully saturated rings. The van der Waals surface area contributed by atoms with Crippen molar-refractivity contribution < 1.29 is 4.79 Å². The van der Waals surface area contributed by atoms with Crippen molar-refractivity contribution in [2.45, 2.75) is 6.92 Å². The Morgan fingerprint density at radius 1 is 1.50 bits per heavy atom. The Kier molecular flexibility index (Phi) is 8.61. The van der Waals surface area contributed by atoms with Crippen LogP contribution in [0.15, 0.2) is 11.5 Å². The normalized spacial score (nSPS) is 10.2. The predicted molar refractivity (Wildman–Crippen MR) is 38.6 cm³/mol. The molecule has 0 spiro atoms. The van der Waals surface area contributed by atoms with Gasteiger partial charge in [-0.05, 0) is 6.92 Å². The minimum absolute atomic E-state index is 0.250. The maximum absolute atomic E-state index is 8.58. The molecular weight excluding hydrogens is 134 g/mol. The summed E-state index contributed by atoms with van der Waals surface area (Å²) >= 11 is 0. The lowest BCUT2D eigenvalue weighted by Crippen LogP contribution is -2.29. The molecule has 0 saturated carbocycles. The van der Waals surface area contributed by atoms with Gasteiger partial charge in [0, 0.05) is 5.70 Å². The molecule has 0 heterocycles. The van der Waals surface area contributed by atoms with Crippen LogP contribution in [0.25, 0.3) is 0 Å². The van der Waals surface area contributed by atoms with Gasteiger partial charge in [0.15, 0.2) is 0 Å². The molecule has 0 unspecified atom stereocenters. The molecule has 1 amide bonds. The van der Waals surface area contributed by atoms with E-state index in [2.05, 4.69) is 11.2 Å². The zero-order chi connectivity index (χ0) is 8.57. The van der Waals surface area contributed by atoms with Gasteiger partial charge in [-0.25, -0.2) is 5.84 Å². The SMILES string of the molecule is C/C(N)=C(\N)NN.NC=O. The highest BCUT2D eigenvalue weighted by Crippen LogP contribution is 1.77. The second-order valence-electron chi connectivity index (χ2n) is 1.38. The molecule has 0 aromatic carbocycles. The lowest BCUT2D eigenvalue weighted by molar-refractivity contribution is -0.106. The van der Waals surface area contributed by atoms with E-state index in [1.165, 1.54) is 0 Å². The first-order chi connectivity index (χ1) is 4.59. The molecule has 0 aromatic rings. The Labute approximate surface area is 59.2 Å². The first kappa shape index (κ1) is 11.4. The van der Waals surface area contributed by atoms with E-state index in [9.17, 15) is 0 Å². The van der Waals surface area contributed by atoms with Crippen LogP contribution in [0.3, 0.4) is 0 Å². The lowest BCUT2D eigenvalue weighted by Gasteiger charge is -1.98. The van der Waals surface area contributed by atoms with Crippen molar-refractivity contribution in [2.75, 3.05) is 0 Å². The average Bonchev–Trinajstić information content (AvgIpc) is 1.88. The van der Waals surface area contributed by atoms with Crippen LogP contribution in [-0.2, 0) is 4.79 Å². The van der Waals surface area contributed by atoms with Crippen molar-refractivity contribution in [3.8, 4) is 0 Å². The average molecular weight is 147 g/mol. The van der Waals surface area contributed by atoms with Gasteiger partial charge in [-0.2, -0.15) is 0 Å². The third kappa shape index (κ3) is 9.76. The van der Waals surface area contributed by atoms with Gasteiger partial charge in [0.2, 0.25) is 6.41 Å². The monoisotopic (exact) mass is 147 g/mol. The number of rotatable bonds is 1. The van der Waals surface area contributed by atoms with Crippen molar-refractivity contribution in [1.29, 1.82) is 0 Å². The molecule has 0 rings (SSSR count). The molecule has 6 heteroatoms. The Morgan fingerprint density at radius 3 is 1.80 bits per heavy atom. The van der Waals surface area contributed by atoms with Crippen LogP contribution in [0.4, 0.5) is 0 Å². The maximum atomic E-state index is 8.58. The molecule has 0 aliphatic carbocycles. The molecule has 0 radical (unpaired) electrons. The van der Waals surface area contributed by atoms with Gasteiger partial charge < -0.3 is 22.6 Å². The maximum Gasteiger partial charge on any atom is 0.204 e. The number of allylic oxidation sites excluding steroid dienone is 1. The first-order valence-corrected chi connectivity index (χ1v) is 2.44. The molecule has 0 aromatic heterocycles. The van der Waals surface area contributed by atoms with Gasteiger partial charge in [0.25, 0.3) is 0 Å². The number of nitrogens with two attached hydrogens (primary N) is 4. The summed E-state index contributed by atoms with van der Waals surface area (Å²) in [6, 6.07) is 0. The molecule has 0 saturated heterocycles. The van der Waals surface area contributed by atoms with E-state index in [0.717, 1.165) is 0 Å². The van der Waals surface area contributed by atoms with Gasteiger partial charge in [-0.1, -0.05) is 0 Å². The topological polar surface area (TPSA) is 133 Å². The van der Waals surface area contributed by atoms with Crippen molar-refractivity contribution in [2.24, 2.45) is 23.0 Å². The molecule has 9 N–H and O–H groups in total. The second kappa shape index (κ2) is 7.57. The molecule has 0 atom stereocenters. The van der Waals surface area contributed by atoms with Crippen LogP contribution in [-0.4, -0.2) is 6.41 Å².